The zero-order valence-corrected chi connectivity index (χ0v) is 9.56. The minimum absolute atomic E-state index is 0.0175. The predicted octanol–water partition coefficient (Wildman–Crippen LogP) is 2.71. The van der Waals surface area contributed by atoms with Gasteiger partial charge in [-0.25, -0.2) is 0 Å². The second kappa shape index (κ2) is 3.42. The van der Waals surface area contributed by atoms with Gasteiger partial charge in [0.05, 0.1) is 0 Å². The number of carbonyl (C=O) groups is 1. The lowest BCUT2D eigenvalue weighted by atomic mass is 9.78. The largest absolute Gasteiger partial charge is 0.444 e. The maximum Gasteiger partial charge on any atom is 0.287 e. The molecule has 0 bridgehead atoms. The molecule has 1 fully saturated rings. The Hall–Kier alpha value is -0.770. The van der Waals surface area contributed by atoms with Gasteiger partial charge in [-0.2, -0.15) is 0 Å². The smallest absolute Gasteiger partial charge is 0.287 e. The Morgan fingerprint density at radius 3 is 2.71 bits per heavy atom. The second-order valence-corrected chi connectivity index (χ2v) is 4.75. The fraction of sp³-hybridized carbons (Fsp3) is 0.500. The van der Waals surface area contributed by atoms with Crippen LogP contribution in [0.1, 0.15) is 36.7 Å². The lowest BCUT2D eigenvalue weighted by Crippen LogP contribution is -2.50. The minimum Gasteiger partial charge on any atom is -0.444 e. The van der Waals surface area contributed by atoms with Crippen molar-refractivity contribution < 1.29 is 9.21 Å². The summed E-state index contributed by atoms with van der Waals surface area (Å²) >= 11 is 3.16. The quantitative estimate of drug-likeness (QED) is 0.886. The molecule has 1 heterocycles. The molecule has 1 N–H and O–H groups in total. The molecule has 0 aromatic carbocycles. The SMILES string of the molecule is CC1(NC(=O)c2ccc(Br)o2)CCC1. The Morgan fingerprint density at radius 1 is 1.57 bits per heavy atom. The summed E-state index contributed by atoms with van der Waals surface area (Å²) in [7, 11) is 0. The van der Waals surface area contributed by atoms with E-state index in [0.29, 0.717) is 10.4 Å². The van der Waals surface area contributed by atoms with Crippen molar-refractivity contribution in [2.45, 2.75) is 31.7 Å². The van der Waals surface area contributed by atoms with Crippen molar-refractivity contribution in [2.24, 2.45) is 0 Å². The molecule has 1 aliphatic rings. The number of nitrogens with one attached hydrogen (secondary N) is 1. The molecule has 76 valence electrons. The molecule has 1 aliphatic carbocycles. The van der Waals surface area contributed by atoms with Crippen LogP contribution in [-0.2, 0) is 0 Å². The number of rotatable bonds is 2. The molecule has 4 heteroatoms. The van der Waals surface area contributed by atoms with E-state index >= 15 is 0 Å². The average Bonchev–Trinajstić information content (AvgIpc) is 2.49. The van der Waals surface area contributed by atoms with E-state index in [1.165, 1.54) is 6.42 Å². The molecule has 0 radical (unpaired) electrons. The summed E-state index contributed by atoms with van der Waals surface area (Å²) in [4.78, 5) is 11.6. The summed E-state index contributed by atoms with van der Waals surface area (Å²) in [6, 6.07) is 3.39. The highest BCUT2D eigenvalue weighted by Gasteiger charge is 2.33. The number of furan rings is 1. The Balaban J connectivity index is 2.02. The lowest BCUT2D eigenvalue weighted by molar-refractivity contribution is 0.0820. The molecule has 0 aliphatic heterocycles. The molecule has 0 saturated heterocycles. The zero-order valence-electron chi connectivity index (χ0n) is 7.97. The predicted molar refractivity (Wildman–Crippen MR) is 56.1 cm³/mol. The van der Waals surface area contributed by atoms with Crippen LogP contribution in [0.15, 0.2) is 21.2 Å². The standard InChI is InChI=1S/C10H12BrNO2/c1-10(5-2-6-10)12-9(13)7-3-4-8(11)14-7/h3-4H,2,5-6H2,1H3,(H,12,13). The average molecular weight is 258 g/mol. The van der Waals surface area contributed by atoms with Gasteiger partial charge in [0.15, 0.2) is 10.4 Å². The Bertz CT molecular complexity index is 355. The highest BCUT2D eigenvalue weighted by molar-refractivity contribution is 9.10. The van der Waals surface area contributed by atoms with Crippen molar-refractivity contribution in [1.82, 2.24) is 5.32 Å². The summed E-state index contributed by atoms with van der Waals surface area (Å²) in [6.07, 6.45) is 3.31. The summed E-state index contributed by atoms with van der Waals surface area (Å²) in [5.41, 5.74) is -0.0175. The number of amides is 1. The van der Waals surface area contributed by atoms with Crippen molar-refractivity contribution in [3.63, 3.8) is 0 Å². The first-order chi connectivity index (χ1) is 6.59. The molecule has 3 nitrogen and oxygen atoms in total. The van der Waals surface area contributed by atoms with Gasteiger partial charge in [-0.05, 0) is 54.2 Å². The van der Waals surface area contributed by atoms with Crippen molar-refractivity contribution in [3.05, 3.63) is 22.6 Å². The van der Waals surface area contributed by atoms with E-state index in [4.69, 9.17) is 4.42 Å². The first-order valence-corrected chi connectivity index (χ1v) is 5.46. The molecule has 0 spiro atoms. The third kappa shape index (κ3) is 1.85. The molecule has 1 aromatic heterocycles. The summed E-state index contributed by atoms with van der Waals surface area (Å²) in [6.45, 7) is 2.06. The molecule has 0 unspecified atom stereocenters. The highest BCUT2D eigenvalue weighted by atomic mass is 79.9. The fourth-order valence-electron chi connectivity index (χ4n) is 1.60. The van der Waals surface area contributed by atoms with Crippen LogP contribution in [0.4, 0.5) is 0 Å². The first kappa shape index (κ1) is 9.77. The molecule has 0 atom stereocenters. The van der Waals surface area contributed by atoms with Gasteiger partial charge in [0.2, 0.25) is 0 Å². The van der Waals surface area contributed by atoms with Crippen LogP contribution in [0.5, 0.6) is 0 Å². The molecule has 1 aromatic rings. The molecule has 14 heavy (non-hydrogen) atoms. The highest BCUT2D eigenvalue weighted by Crippen LogP contribution is 2.31. The van der Waals surface area contributed by atoms with Crippen LogP contribution >= 0.6 is 15.9 Å². The van der Waals surface area contributed by atoms with E-state index in [1.807, 2.05) is 0 Å². The molecule has 2 rings (SSSR count). The second-order valence-electron chi connectivity index (χ2n) is 3.97. The topological polar surface area (TPSA) is 42.2 Å². The van der Waals surface area contributed by atoms with Crippen molar-refractivity contribution in [1.29, 1.82) is 0 Å². The normalized spacial score (nSPS) is 18.7. The van der Waals surface area contributed by atoms with E-state index in [1.54, 1.807) is 12.1 Å². The minimum atomic E-state index is -0.127. The van der Waals surface area contributed by atoms with Crippen LogP contribution in [-0.4, -0.2) is 11.4 Å². The molecular formula is C10H12BrNO2. The van der Waals surface area contributed by atoms with Gasteiger partial charge in [-0.1, -0.05) is 0 Å². The maximum absolute atomic E-state index is 11.6. The Morgan fingerprint density at radius 2 is 2.29 bits per heavy atom. The van der Waals surface area contributed by atoms with Gasteiger partial charge in [0.25, 0.3) is 5.91 Å². The number of hydrogen-bond donors (Lipinski definition) is 1. The van der Waals surface area contributed by atoms with Crippen LogP contribution in [0, 0.1) is 0 Å². The number of halogens is 1. The van der Waals surface area contributed by atoms with Crippen LogP contribution < -0.4 is 5.32 Å². The monoisotopic (exact) mass is 257 g/mol. The van der Waals surface area contributed by atoms with Crippen molar-refractivity contribution >= 4 is 21.8 Å². The third-order valence-corrected chi connectivity index (χ3v) is 3.10. The Labute approximate surface area is 91.0 Å². The first-order valence-electron chi connectivity index (χ1n) is 4.67. The third-order valence-electron chi connectivity index (χ3n) is 2.67. The fourth-order valence-corrected chi connectivity index (χ4v) is 1.91. The van der Waals surface area contributed by atoms with E-state index in [2.05, 4.69) is 28.2 Å². The van der Waals surface area contributed by atoms with Gasteiger partial charge >= 0.3 is 0 Å². The van der Waals surface area contributed by atoms with Gasteiger partial charge in [0, 0.05) is 5.54 Å². The Kier molecular flexibility index (Phi) is 2.39. The van der Waals surface area contributed by atoms with Gasteiger partial charge in [0.1, 0.15) is 0 Å². The summed E-state index contributed by atoms with van der Waals surface area (Å²) in [5, 5.41) is 2.97. The van der Waals surface area contributed by atoms with Crippen molar-refractivity contribution in [2.75, 3.05) is 0 Å². The van der Waals surface area contributed by atoms with Crippen LogP contribution in [0.3, 0.4) is 0 Å². The summed E-state index contributed by atoms with van der Waals surface area (Å²) < 4.78 is 5.75. The van der Waals surface area contributed by atoms with E-state index in [-0.39, 0.29) is 11.4 Å². The van der Waals surface area contributed by atoms with Gasteiger partial charge < -0.3 is 9.73 Å². The van der Waals surface area contributed by atoms with E-state index in [0.717, 1.165) is 12.8 Å². The zero-order chi connectivity index (χ0) is 10.2. The summed E-state index contributed by atoms with van der Waals surface area (Å²) in [5.74, 6) is 0.239. The maximum atomic E-state index is 11.6. The molecule has 1 saturated carbocycles. The number of carbonyl (C=O) groups excluding carboxylic acids is 1. The van der Waals surface area contributed by atoms with Crippen LogP contribution in [0.25, 0.3) is 0 Å². The van der Waals surface area contributed by atoms with Gasteiger partial charge in [-0.15, -0.1) is 0 Å². The van der Waals surface area contributed by atoms with E-state index in [9.17, 15) is 4.79 Å². The van der Waals surface area contributed by atoms with Crippen LogP contribution in [0.2, 0.25) is 0 Å². The molecule has 1 amide bonds. The van der Waals surface area contributed by atoms with E-state index < -0.39 is 0 Å². The van der Waals surface area contributed by atoms with Gasteiger partial charge in [-0.3, -0.25) is 4.79 Å². The number of hydrogen-bond acceptors (Lipinski definition) is 2. The lowest BCUT2D eigenvalue weighted by Gasteiger charge is -2.38. The molecular weight excluding hydrogens is 246 g/mol. The van der Waals surface area contributed by atoms with Crippen molar-refractivity contribution in [3.8, 4) is 0 Å².